The van der Waals surface area contributed by atoms with Gasteiger partial charge in [-0.1, -0.05) is 26.7 Å². The molecule has 0 aliphatic rings. The topological polar surface area (TPSA) is 0 Å². The van der Waals surface area contributed by atoms with Crippen molar-refractivity contribution in [3.05, 3.63) is 13.8 Å². The Bertz CT molecular complexity index is 61.5. The van der Waals surface area contributed by atoms with E-state index in [2.05, 4.69) is 34.6 Å². The molecular formula is C8H16Y-2. The van der Waals surface area contributed by atoms with Gasteiger partial charge in [0, 0.05) is 32.7 Å². The summed E-state index contributed by atoms with van der Waals surface area (Å²) >= 11 is 0. The summed E-state index contributed by atoms with van der Waals surface area (Å²) in [7, 11) is 0. The van der Waals surface area contributed by atoms with Crippen LogP contribution in [0.15, 0.2) is 0 Å². The average Bonchev–Trinajstić information content (AvgIpc) is 1.62. The van der Waals surface area contributed by atoms with Crippen LogP contribution < -0.4 is 0 Å². The molecule has 1 heteroatoms. The molecule has 0 nitrogen and oxygen atoms in total. The first-order chi connectivity index (χ1) is 3.48. The summed E-state index contributed by atoms with van der Waals surface area (Å²) in [5.41, 5.74) is 0.196. The molecule has 0 heterocycles. The molecule has 1 unspecified atom stereocenters. The summed E-state index contributed by atoms with van der Waals surface area (Å²) in [5, 5.41) is 0. The van der Waals surface area contributed by atoms with E-state index >= 15 is 0 Å². The van der Waals surface area contributed by atoms with E-state index in [9.17, 15) is 0 Å². The van der Waals surface area contributed by atoms with E-state index in [0.717, 1.165) is 6.42 Å². The first kappa shape index (κ1) is 12.8. The van der Waals surface area contributed by atoms with Crippen LogP contribution >= 0.6 is 0 Å². The van der Waals surface area contributed by atoms with E-state index in [4.69, 9.17) is 0 Å². The normalized spacial score (nSPS) is 14.3. The van der Waals surface area contributed by atoms with Gasteiger partial charge in [-0.25, -0.2) is 0 Å². The fourth-order valence-electron chi connectivity index (χ4n) is 0.391. The van der Waals surface area contributed by atoms with Crippen molar-refractivity contribution in [1.82, 2.24) is 0 Å². The molecule has 53 valence electrons. The number of rotatable bonds is 2. The maximum Gasteiger partial charge on any atom is 0 e. The second-order valence-electron chi connectivity index (χ2n) is 3.18. The maximum atomic E-state index is 4.00. The van der Waals surface area contributed by atoms with Crippen LogP contribution in [0.2, 0.25) is 0 Å². The van der Waals surface area contributed by atoms with Crippen molar-refractivity contribution < 1.29 is 32.7 Å². The van der Waals surface area contributed by atoms with Crippen molar-refractivity contribution in [1.29, 1.82) is 0 Å². The quantitative estimate of drug-likeness (QED) is 0.602. The SMILES string of the molecule is [CH2-]CC(C)C([CH2-])(C)C.[Y]. The molecule has 1 atom stereocenters. The van der Waals surface area contributed by atoms with Gasteiger partial charge in [-0.05, 0) is 0 Å². The largest absolute Gasteiger partial charge is 0.343 e. The Morgan fingerprint density at radius 2 is 1.78 bits per heavy atom. The first-order valence-electron chi connectivity index (χ1n) is 3.13. The van der Waals surface area contributed by atoms with Crippen LogP contribution in [-0.2, 0) is 32.7 Å². The Labute approximate surface area is 84.7 Å². The Kier molecular flexibility index (Phi) is 6.87. The Hall–Kier alpha value is 1.10. The summed E-state index contributed by atoms with van der Waals surface area (Å²) in [5.74, 6) is 0.627. The van der Waals surface area contributed by atoms with Gasteiger partial charge in [0.05, 0.1) is 0 Å². The zero-order valence-electron chi connectivity index (χ0n) is 6.78. The van der Waals surface area contributed by atoms with Crippen LogP contribution in [0.3, 0.4) is 0 Å². The molecule has 0 aromatic carbocycles. The molecule has 0 fully saturated rings. The standard InChI is InChI=1S/C8H16.Y/c1-6-7(2)8(3,4)5;/h7H,1,3,6H2,2,4-5H3;/q-2;. The molecule has 0 amide bonds. The Morgan fingerprint density at radius 3 is 1.78 bits per heavy atom. The minimum atomic E-state index is 0. The molecule has 0 aromatic heterocycles. The van der Waals surface area contributed by atoms with Crippen LogP contribution in [0.5, 0.6) is 0 Å². The second kappa shape index (κ2) is 4.85. The van der Waals surface area contributed by atoms with Crippen molar-refractivity contribution in [2.45, 2.75) is 27.2 Å². The predicted octanol–water partition coefficient (Wildman–Crippen LogP) is 2.70. The molecule has 0 aliphatic carbocycles. The summed E-state index contributed by atoms with van der Waals surface area (Å²) < 4.78 is 0. The zero-order valence-corrected chi connectivity index (χ0v) is 9.61. The van der Waals surface area contributed by atoms with E-state index in [1.54, 1.807) is 0 Å². The van der Waals surface area contributed by atoms with E-state index in [0.29, 0.717) is 5.92 Å². The van der Waals surface area contributed by atoms with E-state index in [1.807, 2.05) is 0 Å². The number of hydrogen-bond donors (Lipinski definition) is 0. The minimum absolute atomic E-state index is 0. The summed E-state index contributed by atoms with van der Waals surface area (Å²) in [6.07, 6.45) is 0.983. The summed E-state index contributed by atoms with van der Waals surface area (Å²) in [6, 6.07) is 0. The van der Waals surface area contributed by atoms with Crippen molar-refractivity contribution in [2.75, 3.05) is 0 Å². The van der Waals surface area contributed by atoms with Gasteiger partial charge in [-0.15, -0.1) is 0 Å². The summed E-state index contributed by atoms with van der Waals surface area (Å²) in [6.45, 7) is 14.3. The second-order valence-corrected chi connectivity index (χ2v) is 3.18. The van der Waals surface area contributed by atoms with Crippen LogP contribution in [-0.4, -0.2) is 0 Å². The zero-order chi connectivity index (χ0) is 6.78. The van der Waals surface area contributed by atoms with E-state index in [-0.39, 0.29) is 38.1 Å². The van der Waals surface area contributed by atoms with Crippen molar-refractivity contribution in [3.63, 3.8) is 0 Å². The number of hydrogen-bond acceptors (Lipinski definition) is 0. The third kappa shape index (κ3) is 5.54. The van der Waals surface area contributed by atoms with Gasteiger partial charge < -0.3 is 13.8 Å². The van der Waals surface area contributed by atoms with Gasteiger partial charge in [-0.2, -0.15) is 11.8 Å². The van der Waals surface area contributed by atoms with E-state index < -0.39 is 0 Å². The van der Waals surface area contributed by atoms with Crippen LogP contribution in [0.1, 0.15) is 27.2 Å². The smallest absolute Gasteiger partial charge is 0 e. The molecule has 0 saturated heterocycles. The molecule has 0 bridgehead atoms. The first-order valence-corrected chi connectivity index (χ1v) is 3.13. The predicted molar refractivity (Wildman–Crippen MR) is 38.3 cm³/mol. The Balaban J connectivity index is 0. The Morgan fingerprint density at radius 1 is 1.44 bits per heavy atom. The fraction of sp³-hybridized carbons (Fsp3) is 0.750. The van der Waals surface area contributed by atoms with Gasteiger partial charge in [0.2, 0.25) is 0 Å². The molecule has 9 heavy (non-hydrogen) atoms. The van der Waals surface area contributed by atoms with Gasteiger partial charge in [-0.3, -0.25) is 0 Å². The average molecular weight is 201 g/mol. The molecule has 0 aliphatic heterocycles. The summed E-state index contributed by atoms with van der Waals surface area (Å²) in [4.78, 5) is 0. The third-order valence-corrected chi connectivity index (χ3v) is 1.77. The molecule has 0 aromatic rings. The molecular weight excluding hydrogens is 185 g/mol. The van der Waals surface area contributed by atoms with Gasteiger partial charge >= 0.3 is 0 Å². The molecule has 0 rings (SSSR count). The van der Waals surface area contributed by atoms with Crippen molar-refractivity contribution in [3.8, 4) is 0 Å². The monoisotopic (exact) mass is 201 g/mol. The van der Waals surface area contributed by atoms with Crippen LogP contribution in [0.4, 0.5) is 0 Å². The van der Waals surface area contributed by atoms with Gasteiger partial charge in [0.15, 0.2) is 0 Å². The van der Waals surface area contributed by atoms with Crippen molar-refractivity contribution in [2.24, 2.45) is 11.3 Å². The van der Waals surface area contributed by atoms with Crippen LogP contribution in [0.25, 0.3) is 0 Å². The molecule has 0 spiro atoms. The molecule has 1 radical (unpaired) electrons. The van der Waals surface area contributed by atoms with Gasteiger partial charge in [0.25, 0.3) is 0 Å². The fourth-order valence-corrected chi connectivity index (χ4v) is 0.391. The van der Waals surface area contributed by atoms with E-state index in [1.165, 1.54) is 0 Å². The maximum absolute atomic E-state index is 4.00. The molecule has 0 N–H and O–H groups in total. The third-order valence-electron chi connectivity index (χ3n) is 1.77. The van der Waals surface area contributed by atoms with Crippen LogP contribution in [0, 0.1) is 25.2 Å². The molecule has 0 saturated carbocycles. The van der Waals surface area contributed by atoms with Gasteiger partial charge in [0.1, 0.15) is 0 Å². The van der Waals surface area contributed by atoms with Crippen molar-refractivity contribution >= 4 is 0 Å². The minimum Gasteiger partial charge on any atom is -0.343 e.